The van der Waals surface area contributed by atoms with Crippen LogP contribution in [0.5, 0.6) is 0 Å². The maximum atomic E-state index is 3.51. The van der Waals surface area contributed by atoms with Crippen molar-refractivity contribution in [1.29, 1.82) is 0 Å². The van der Waals surface area contributed by atoms with Crippen molar-refractivity contribution >= 4 is 15.0 Å². The van der Waals surface area contributed by atoms with Crippen LogP contribution < -0.4 is 0 Å². The normalized spacial score (nSPS) is 6.25. The monoisotopic (exact) mass is 122 g/mol. The first-order valence-corrected chi connectivity index (χ1v) is 3.75. The van der Waals surface area contributed by atoms with E-state index in [0.29, 0.717) is 15.0 Å². The third-order valence-electron chi connectivity index (χ3n) is 0.167. The predicted molar refractivity (Wildman–Crippen MR) is 21.8 cm³/mol. The Morgan fingerprint density at radius 1 is 2.00 bits per heavy atom. The predicted octanol–water partition coefficient (Wildman–Crippen LogP) is 0.882. The second kappa shape index (κ2) is 3.26. The first-order valence-electron chi connectivity index (χ1n) is 1.05. The molecule has 0 aromatic rings. The Kier molecular flexibility index (Phi) is 3.47. The molecule has 0 radical (unpaired) electrons. The van der Waals surface area contributed by atoms with Gasteiger partial charge in [-0.3, -0.25) is 0 Å². The summed E-state index contributed by atoms with van der Waals surface area (Å²) in [7, 11) is 0. The van der Waals surface area contributed by atoms with Gasteiger partial charge < -0.3 is 0 Å². The van der Waals surface area contributed by atoms with E-state index >= 15 is 0 Å². The zero-order valence-electron chi connectivity index (χ0n) is 2.69. The van der Waals surface area contributed by atoms with Crippen LogP contribution in [0.4, 0.5) is 0 Å². The van der Waals surface area contributed by atoms with E-state index in [9.17, 15) is 0 Å². The Bertz CT molecular complexity index is 17.2. The number of rotatable bonds is 1. The van der Waals surface area contributed by atoms with Crippen LogP contribution >= 0.6 is 0 Å². The van der Waals surface area contributed by atoms with Gasteiger partial charge in [-0.15, -0.1) is 0 Å². The molecule has 0 aliphatic carbocycles. The summed E-state index contributed by atoms with van der Waals surface area (Å²) in [5.41, 5.74) is 0. The van der Waals surface area contributed by atoms with Gasteiger partial charge in [0.25, 0.3) is 0 Å². The van der Waals surface area contributed by atoms with Gasteiger partial charge in [-0.1, -0.05) is 0 Å². The van der Waals surface area contributed by atoms with E-state index in [-0.39, 0.29) is 0 Å². The van der Waals surface area contributed by atoms with Crippen LogP contribution in [0, 0.1) is 0 Å². The van der Waals surface area contributed by atoms with Crippen molar-refractivity contribution in [2.45, 2.75) is 5.82 Å². The molecule has 0 aliphatic rings. The van der Waals surface area contributed by atoms with E-state index in [1.165, 1.54) is 0 Å². The van der Waals surface area contributed by atoms with Crippen LogP contribution in [0.15, 0.2) is 11.6 Å². The zero-order chi connectivity index (χ0) is 3.41. The van der Waals surface area contributed by atoms with Crippen LogP contribution in [0.25, 0.3) is 0 Å². The zero-order valence-corrected chi connectivity index (χ0v) is 4.41. The van der Waals surface area contributed by atoms with E-state index in [2.05, 4.69) is 12.4 Å². The molecule has 1 heteroatoms. The van der Waals surface area contributed by atoms with Crippen molar-refractivity contribution in [1.82, 2.24) is 0 Å². The Hall–Kier alpha value is 0.259. The molecular weight excluding hydrogens is 115 g/mol. The van der Waals surface area contributed by atoms with Gasteiger partial charge >= 0.3 is 32.3 Å². The molecule has 0 amide bonds. The molecule has 0 unspecified atom stereocenters. The standard InChI is InChI=1S/C3H6Se/c1-3-4-2/h3H,1H2,2H3. The second-order valence-electron chi connectivity index (χ2n) is 0.402. The van der Waals surface area contributed by atoms with Crippen molar-refractivity contribution in [2.75, 3.05) is 0 Å². The van der Waals surface area contributed by atoms with Crippen LogP contribution in [-0.4, -0.2) is 15.0 Å². The second-order valence-corrected chi connectivity index (χ2v) is 2.09. The van der Waals surface area contributed by atoms with Crippen molar-refractivity contribution < 1.29 is 0 Å². The number of hydrogen-bond acceptors (Lipinski definition) is 0. The Morgan fingerprint density at radius 3 is 2.25 bits per heavy atom. The molecule has 0 bridgehead atoms. The summed E-state index contributed by atoms with van der Waals surface area (Å²) in [5, 5.41) is 0. The number of hydrogen-bond donors (Lipinski definition) is 0. The van der Waals surface area contributed by atoms with Gasteiger partial charge in [0.2, 0.25) is 0 Å². The van der Waals surface area contributed by atoms with Crippen LogP contribution in [-0.2, 0) is 0 Å². The molecule has 0 aromatic heterocycles. The van der Waals surface area contributed by atoms with E-state index < -0.39 is 0 Å². The fourth-order valence-corrected chi connectivity index (χ4v) is 0. The molecule has 0 rings (SSSR count). The average molecular weight is 121 g/mol. The molecular formula is C3H6Se. The summed E-state index contributed by atoms with van der Waals surface area (Å²) >= 11 is 0.681. The van der Waals surface area contributed by atoms with Gasteiger partial charge in [0.05, 0.1) is 0 Å². The summed E-state index contributed by atoms with van der Waals surface area (Å²) < 4.78 is 0. The fraction of sp³-hybridized carbons (Fsp3) is 0.333. The van der Waals surface area contributed by atoms with Crippen molar-refractivity contribution in [3.63, 3.8) is 0 Å². The molecule has 0 aromatic carbocycles. The van der Waals surface area contributed by atoms with Crippen LogP contribution in [0.3, 0.4) is 0 Å². The summed E-state index contributed by atoms with van der Waals surface area (Å²) in [5.74, 6) is 2.12. The molecule has 4 heavy (non-hydrogen) atoms. The molecule has 0 nitrogen and oxygen atoms in total. The Balaban J connectivity index is 2.30. The first-order chi connectivity index (χ1) is 1.91. The van der Waals surface area contributed by atoms with Gasteiger partial charge in [0.15, 0.2) is 0 Å². The maximum absolute atomic E-state index is 3.51. The van der Waals surface area contributed by atoms with Crippen LogP contribution in [0.1, 0.15) is 0 Å². The molecule has 0 fully saturated rings. The SMILES string of the molecule is C=C[Se]C. The van der Waals surface area contributed by atoms with Crippen LogP contribution in [0.2, 0.25) is 5.82 Å². The molecule has 0 heterocycles. The van der Waals surface area contributed by atoms with E-state index in [0.717, 1.165) is 0 Å². The summed E-state index contributed by atoms with van der Waals surface area (Å²) in [4.78, 5) is 1.94. The van der Waals surface area contributed by atoms with Gasteiger partial charge in [-0.05, 0) is 0 Å². The molecule has 0 N–H and O–H groups in total. The molecule has 0 saturated heterocycles. The minimum absolute atomic E-state index is 0.681. The quantitative estimate of drug-likeness (QED) is 0.452. The molecule has 0 atom stereocenters. The van der Waals surface area contributed by atoms with Gasteiger partial charge in [0, 0.05) is 0 Å². The molecule has 0 spiro atoms. The third-order valence-corrected chi connectivity index (χ3v) is 0.866. The first kappa shape index (κ1) is 4.26. The molecule has 0 saturated carbocycles. The van der Waals surface area contributed by atoms with Gasteiger partial charge in [0.1, 0.15) is 0 Å². The molecule has 0 aliphatic heterocycles. The minimum atomic E-state index is 0.681. The van der Waals surface area contributed by atoms with Crippen molar-refractivity contribution in [3.05, 3.63) is 11.6 Å². The average Bonchev–Trinajstić information content (AvgIpc) is 1.37. The summed E-state index contributed by atoms with van der Waals surface area (Å²) in [6.07, 6.45) is 0. The van der Waals surface area contributed by atoms with E-state index in [4.69, 9.17) is 0 Å². The summed E-state index contributed by atoms with van der Waals surface area (Å²) in [6, 6.07) is 0. The summed E-state index contributed by atoms with van der Waals surface area (Å²) in [6.45, 7) is 3.51. The van der Waals surface area contributed by atoms with E-state index in [1.807, 2.05) is 4.97 Å². The van der Waals surface area contributed by atoms with E-state index in [1.54, 1.807) is 0 Å². The van der Waals surface area contributed by atoms with Gasteiger partial charge in [-0.25, -0.2) is 0 Å². The Morgan fingerprint density at radius 2 is 2.25 bits per heavy atom. The fourth-order valence-electron chi connectivity index (χ4n) is 0. The van der Waals surface area contributed by atoms with Gasteiger partial charge in [-0.2, -0.15) is 0 Å². The molecule has 24 valence electrons. The van der Waals surface area contributed by atoms with Crippen molar-refractivity contribution in [3.8, 4) is 0 Å². The Labute approximate surface area is 33.1 Å². The van der Waals surface area contributed by atoms with Crippen molar-refractivity contribution in [2.24, 2.45) is 0 Å². The topological polar surface area (TPSA) is 0 Å². The third kappa shape index (κ3) is 2.26.